The van der Waals surface area contributed by atoms with Gasteiger partial charge in [-0.2, -0.15) is 10.5 Å². The number of benzene rings is 3. The summed E-state index contributed by atoms with van der Waals surface area (Å²) >= 11 is 3.66. The number of nitrogens with zero attached hydrogens (tertiary/aromatic N) is 2. The molecule has 27 heavy (non-hydrogen) atoms. The molecule has 128 valence electrons. The first-order valence-electron chi connectivity index (χ1n) is 8.39. The molecule has 4 heteroatoms. The van der Waals surface area contributed by atoms with Crippen LogP contribution >= 0.6 is 23.5 Å². The van der Waals surface area contributed by atoms with E-state index in [0.29, 0.717) is 5.22 Å². The van der Waals surface area contributed by atoms with Crippen molar-refractivity contribution in [3.8, 4) is 12.1 Å². The first-order valence-corrected chi connectivity index (χ1v) is 10.0. The van der Waals surface area contributed by atoms with Crippen LogP contribution in [0.2, 0.25) is 0 Å². The van der Waals surface area contributed by atoms with Crippen molar-refractivity contribution >= 4 is 33.3 Å². The van der Waals surface area contributed by atoms with E-state index in [-0.39, 0.29) is 5.57 Å². The maximum absolute atomic E-state index is 8.96. The van der Waals surface area contributed by atoms with Gasteiger partial charge in [0.25, 0.3) is 0 Å². The van der Waals surface area contributed by atoms with Gasteiger partial charge >= 0.3 is 0 Å². The van der Waals surface area contributed by atoms with Crippen LogP contribution in [0.4, 0.5) is 0 Å². The van der Waals surface area contributed by atoms with Gasteiger partial charge in [-0.15, -0.1) is 0 Å². The number of hydrogen-bond acceptors (Lipinski definition) is 4. The molecular weight excluding hydrogens is 368 g/mol. The minimum atomic E-state index is 0.137. The smallest absolute Gasteiger partial charge is 0.136 e. The number of thioether (sulfide) groups is 2. The van der Waals surface area contributed by atoms with E-state index in [9.17, 15) is 0 Å². The van der Waals surface area contributed by atoms with Crippen molar-refractivity contribution in [2.45, 2.75) is 16.7 Å². The van der Waals surface area contributed by atoms with Crippen molar-refractivity contribution in [1.29, 1.82) is 10.5 Å². The van der Waals surface area contributed by atoms with Crippen LogP contribution in [-0.2, 0) is 0 Å². The van der Waals surface area contributed by atoms with Gasteiger partial charge in [-0.3, -0.25) is 0 Å². The highest BCUT2D eigenvalue weighted by atomic mass is 32.2. The van der Waals surface area contributed by atoms with Crippen LogP contribution in [0.25, 0.3) is 9.81 Å². The molecule has 3 aromatic carbocycles. The molecule has 0 radical (unpaired) electrons. The SMILES string of the molecule is Cc1ccc2c(c1)SC(=c1ccc(=c3ccc(=C(C#N)C#N)cc3)cc1)S2. The number of fused-ring (bicyclic) bond motifs is 1. The van der Waals surface area contributed by atoms with Gasteiger partial charge in [0.1, 0.15) is 17.7 Å². The summed E-state index contributed by atoms with van der Waals surface area (Å²) in [5.41, 5.74) is 1.42. The second-order valence-electron chi connectivity index (χ2n) is 6.20. The van der Waals surface area contributed by atoms with E-state index < -0.39 is 0 Å². The van der Waals surface area contributed by atoms with Gasteiger partial charge in [0, 0.05) is 15.0 Å². The molecule has 0 atom stereocenters. The number of hydrogen-bond donors (Lipinski definition) is 0. The van der Waals surface area contributed by atoms with Crippen molar-refractivity contribution in [2.75, 3.05) is 0 Å². The number of nitriles is 2. The standard InChI is InChI=1S/C23H14N2S2/c1-15-2-11-21-22(12-15)27-23(26-21)19-9-7-17(8-10-19)16-3-5-18(6-4-16)20(13-24)14-25/h2-12H,1H3. The Hall–Kier alpha value is -2.92. The van der Waals surface area contributed by atoms with Gasteiger partial charge in [0.05, 0.1) is 4.24 Å². The summed E-state index contributed by atoms with van der Waals surface area (Å²) in [6.45, 7) is 2.12. The maximum atomic E-state index is 8.96. The van der Waals surface area contributed by atoms with Gasteiger partial charge in [0.15, 0.2) is 0 Å². The molecule has 4 rings (SSSR count). The van der Waals surface area contributed by atoms with Crippen LogP contribution in [0.5, 0.6) is 0 Å². The first kappa shape index (κ1) is 17.5. The molecule has 0 aliphatic carbocycles. The highest BCUT2D eigenvalue weighted by Crippen LogP contribution is 2.51. The van der Waals surface area contributed by atoms with Gasteiger partial charge in [-0.05, 0) is 40.3 Å². The zero-order valence-corrected chi connectivity index (χ0v) is 16.2. The lowest BCUT2D eigenvalue weighted by molar-refractivity contribution is 1.23. The van der Waals surface area contributed by atoms with E-state index in [1.54, 1.807) is 0 Å². The third-order valence-corrected chi connectivity index (χ3v) is 6.96. The summed E-state index contributed by atoms with van der Waals surface area (Å²) in [6, 6.07) is 26.5. The average molecular weight is 383 g/mol. The van der Waals surface area contributed by atoms with E-state index in [2.05, 4.69) is 49.4 Å². The second-order valence-corrected chi connectivity index (χ2v) is 8.56. The molecule has 3 aromatic rings. The topological polar surface area (TPSA) is 47.6 Å². The second kappa shape index (κ2) is 7.37. The summed E-state index contributed by atoms with van der Waals surface area (Å²) in [7, 11) is 0. The molecule has 0 saturated carbocycles. The van der Waals surface area contributed by atoms with Gasteiger partial charge in [0.2, 0.25) is 0 Å². The fourth-order valence-electron chi connectivity index (χ4n) is 2.90. The average Bonchev–Trinajstić information content (AvgIpc) is 3.13. The lowest BCUT2D eigenvalue weighted by Gasteiger charge is -1.95. The van der Waals surface area contributed by atoms with Crippen LogP contribution in [0.1, 0.15) is 5.56 Å². The molecule has 1 aliphatic heterocycles. The van der Waals surface area contributed by atoms with E-state index in [0.717, 1.165) is 10.4 Å². The predicted octanol–water partition coefficient (Wildman–Crippen LogP) is 4.44. The van der Waals surface area contributed by atoms with Crippen LogP contribution in [0.15, 0.2) is 76.5 Å². The molecule has 2 nitrogen and oxygen atoms in total. The normalized spacial score (nSPS) is 12.2. The lowest BCUT2D eigenvalue weighted by atomic mass is 10.1. The minimum Gasteiger partial charge on any atom is -0.192 e. The summed E-state index contributed by atoms with van der Waals surface area (Å²) in [5, 5.41) is 22.0. The third kappa shape index (κ3) is 3.51. The van der Waals surface area contributed by atoms with Crippen molar-refractivity contribution in [1.82, 2.24) is 0 Å². The maximum Gasteiger partial charge on any atom is 0.136 e. The van der Waals surface area contributed by atoms with E-state index in [1.807, 2.05) is 59.9 Å². The van der Waals surface area contributed by atoms with Gasteiger partial charge in [-0.1, -0.05) is 78.1 Å². The summed E-state index contributed by atoms with van der Waals surface area (Å²) in [6.07, 6.45) is 0. The molecule has 0 unspecified atom stereocenters. The molecule has 0 saturated heterocycles. The van der Waals surface area contributed by atoms with Crippen molar-refractivity contribution in [3.05, 3.63) is 93.2 Å². The molecule has 0 bridgehead atoms. The molecule has 0 spiro atoms. The Bertz CT molecular complexity index is 1300. The van der Waals surface area contributed by atoms with Crippen LogP contribution < -0.4 is 10.4 Å². The Morgan fingerprint density at radius 2 is 1.26 bits per heavy atom. The lowest BCUT2D eigenvalue weighted by Crippen LogP contribution is -2.02. The van der Waals surface area contributed by atoms with E-state index >= 15 is 0 Å². The highest BCUT2D eigenvalue weighted by molar-refractivity contribution is 8.32. The Kier molecular flexibility index (Phi) is 4.77. The Labute approximate surface area is 165 Å². The van der Waals surface area contributed by atoms with Crippen molar-refractivity contribution in [3.63, 3.8) is 0 Å². The van der Waals surface area contributed by atoms with E-state index in [4.69, 9.17) is 10.5 Å². The van der Waals surface area contributed by atoms with Crippen molar-refractivity contribution in [2.24, 2.45) is 0 Å². The zero-order chi connectivity index (χ0) is 18.8. The summed E-state index contributed by atoms with van der Waals surface area (Å²) in [5.74, 6) is 0. The van der Waals surface area contributed by atoms with Gasteiger partial charge < -0.3 is 0 Å². The molecule has 0 aromatic heterocycles. The molecular formula is C23H14N2S2. The number of aryl methyl sites for hydroxylation is 1. The van der Waals surface area contributed by atoms with Crippen molar-refractivity contribution < 1.29 is 0 Å². The monoisotopic (exact) mass is 382 g/mol. The first-order chi connectivity index (χ1) is 13.2. The number of rotatable bonds is 0. The molecule has 0 fully saturated rings. The summed E-state index contributed by atoms with van der Waals surface area (Å²) in [4.78, 5) is 2.65. The fraction of sp³-hybridized carbons (Fsp3) is 0.0435. The third-order valence-electron chi connectivity index (χ3n) is 4.36. The van der Waals surface area contributed by atoms with Gasteiger partial charge in [-0.25, -0.2) is 0 Å². The minimum absolute atomic E-state index is 0.137. The van der Waals surface area contributed by atoms with Crippen LogP contribution in [-0.4, -0.2) is 0 Å². The fourth-order valence-corrected chi connectivity index (χ4v) is 5.47. The molecule has 1 aliphatic rings. The largest absolute Gasteiger partial charge is 0.192 e. The van der Waals surface area contributed by atoms with Crippen LogP contribution in [0, 0.1) is 40.0 Å². The quantitative estimate of drug-likeness (QED) is 0.577. The zero-order valence-electron chi connectivity index (χ0n) is 14.6. The Balaban J connectivity index is 1.76. The molecule has 1 heterocycles. The molecule has 0 N–H and O–H groups in total. The Morgan fingerprint density at radius 1 is 0.704 bits per heavy atom. The van der Waals surface area contributed by atoms with Crippen LogP contribution in [0.3, 0.4) is 0 Å². The summed E-state index contributed by atoms with van der Waals surface area (Å²) < 4.78 is 1.31. The Morgan fingerprint density at radius 3 is 1.89 bits per heavy atom. The van der Waals surface area contributed by atoms with E-state index in [1.165, 1.54) is 24.8 Å². The predicted molar refractivity (Wildman–Crippen MR) is 111 cm³/mol. The molecule has 0 amide bonds. The highest BCUT2D eigenvalue weighted by Gasteiger charge is 2.17.